The Hall–Kier alpha value is -1.27. The summed E-state index contributed by atoms with van der Waals surface area (Å²) in [7, 11) is -3.29. The molecule has 0 bridgehead atoms. The van der Waals surface area contributed by atoms with Crippen molar-refractivity contribution < 1.29 is 13.2 Å². The fourth-order valence-electron chi connectivity index (χ4n) is 3.13. The number of hydrogen-bond donors (Lipinski definition) is 1. The third-order valence-corrected chi connectivity index (χ3v) is 6.81. The van der Waals surface area contributed by atoms with E-state index in [9.17, 15) is 13.2 Å². The van der Waals surface area contributed by atoms with Gasteiger partial charge in [-0.15, -0.1) is 0 Å². The van der Waals surface area contributed by atoms with Crippen LogP contribution in [0.15, 0.2) is 18.2 Å². The lowest BCUT2D eigenvalue weighted by atomic mass is 10.0. The normalized spacial score (nSPS) is 18.0. The number of carbonyl (C=O) groups is 1. The van der Waals surface area contributed by atoms with E-state index >= 15 is 0 Å². The standard InChI is InChI=1S/C19H29ClN2O3S/c1-14(2)7-6-8-15(3)21-19(23)17-10-9-16(13-18(17)20)22-11-4-5-12-26(22,24)25/h9-10,13-15H,4-8,11-12H2,1-3H3,(H,21,23)/t15-/m1/s1. The van der Waals surface area contributed by atoms with Gasteiger partial charge in [0.05, 0.1) is 22.0 Å². The topological polar surface area (TPSA) is 66.5 Å². The van der Waals surface area contributed by atoms with E-state index in [4.69, 9.17) is 11.6 Å². The van der Waals surface area contributed by atoms with Gasteiger partial charge in [-0.05, 0) is 50.3 Å². The lowest BCUT2D eigenvalue weighted by molar-refractivity contribution is 0.0938. The van der Waals surface area contributed by atoms with Crippen molar-refractivity contribution in [2.24, 2.45) is 5.92 Å². The largest absolute Gasteiger partial charge is 0.350 e. The van der Waals surface area contributed by atoms with Gasteiger partial charge < -0.3 is 5.32 Å². The number of carbonyl (C=O) groups excluding carboxylic acids is 1. The lowest BCUT2D eigenvalue weighted by Crippen LogP contribution is -2.38. The zero-order valence-corrected chi connectivity index (χ0v) is 17.4. The molecule has 0 aromatic heterocycles. The molecular weight excluding hydrogens is 372 g/mol. The van der Waals surface area contributed by atoms with Crippen molar-refractivity contribution in [2.45, 2.75) is 58.9 Å². The maximum atomic E-state index is 12.5. The van der Waals surface area contributed by atoms with Crippen LogP contribution in [0.2, 0.25) is 5.02 Å². The molecule has 1 aliphatic heterocycles. The molecule has 1 atom stereocenters. The van der Waals surface area contributed by atoms with Crippen LogP contribution in [0.4, 0.5) is 5.69 Å². The van der Waals surface area contributed by atoms with Gasteiger partial charge in [0.2, 0.25) is 10.0 Å². The zero-order chi connectivity index (χ0) is 19.3. The summed E-state index contributed by atoms with van der Waals surface area (Å²) < 4.78 is 25.8. The summed E-state index contributed by atoms with van der Waals surface area (Å²) in [5, 5.41) is 3.24. The molecule has 1 aromatic carbocycles. The number of nitrogens with one attached hydrogen (secondary N) is 1. The third-order valence-electron chi connectivity index (χ3n) is 4.63. The van der Waals surface area contributed by atoms with Gasteiger partial charge in [0.15, 0.2) is 0 Å². The van der Waals surface area contributed by atoms with Crippen LogP contribution in [0.25, 0.3) is 0 Å². The number of hydrogen-bond acceptors (Lipinski definition) is 3. The molecule has 1 heterocycles. The Labute approximate surface area is 162 Å². The molecule has 7 heteroatoms. The van der Waals surface area contributed by atoms with Gasteiger partial charge in [-0.2, -0.15) is 0 Å². The molecule has 1 saturated heterocycles. The van der Waals surface area contributed by atoms with Gasteiger partial charge in [-0.3, -0.25) is 9.10 Å². The maximum absolute atomic E-state index is 12.5. The summed E-state index contributed by atoms with van der Waals surface area (Å²) in [6.45, 7) is 6.82. The quantitative estimate of drug-likeness (QED) is 0.745. The van der Waals surface area contributed by atoms with Crippen LogP contribution in [-0.2, 0) is 10.0 Å². The first-order valence-electron chi connectivity index (χ1n) is 9.31. The van der Waals surface area contributed by atoms with Crippen LogP contribution in [0.3, 0.4) is 0 Å². The first kappa shape index (κ1) is 21.0. The Bertz CT molecular complexity index is 734. The van der Waals surface area contributed by atoms with E-state index in [-0.39, 0.29) is 22.7 Å². The predicted molar refractivity (Wildman–Crippen MR) is 107 cm³/mol. The average molecular weight is 401 g/mol. The van der Waals surface area contributed by atoms with E-state index in [1.165, 1.54) is 4.31 Å². The maximum Gasteiger partial charge on any atom is 0.253 e. The number of anilines is 1. The number of nitrogens with zero attached hydrogens (tertiary/aromatic N) is 1. The van der Waals surface area contributed by atoms with E-state index in [0.717, 1.165) is 25.7 Å². The molecule has 5 nitrogen and oxygen atoms in total. The summed E-state index contributed by atoms with van der Waals surface area (Å²) >= 11 is 6.28. The van der Waals surface area contributed by atoms with Gasteiger partial charge in [-0.25, -0.2) is 8.42 Å². The van der Waals surface area contributed by atoms with Crippen LogP contribution < -0.4 is 9.62 Å². The highest BCUT2D eigenvalue weighted by Gasteiger charge is 2.26. The smallest absolute Gasteiger partial charge is 0.253 e. The summed E-state index contributed by atoms with van der Waals surface area (Å²) in [4.78, 5) is 12.5. The second-order valence-electron chi connectivity index (χ2n) is 7.46. The van der Waals surface area contributed by atoms with E-state index < -0.39 is 10.0 Å². The minimum absolute atomic E-state index is 0.0689. The number of amides is 1. The Morgan fingerprint density at radius 3 is 2.58 bits per heavy atom. The van der Waals surface area contributed by atoms with Gasteiger partial charge in [0, 0.05) is 12.6 Å². The van der Waals surface area contributed by atoms with Crippen molar-refractivity contribution >= 4 is 33.2 Å². The summed E-state index contributed by atoms with van der Waals surface area (Å²) in [6, 6.07) is 4.91. The molecule has 0 radical (unpaired) electrons. The predicted octanol–water partition coefficient (Wildman–Crippen LogP) is 4.21. The number of rotatable bonds is 7. The van der Waals surface area contributed by atoms with E-state index in [2.05, 4.69) is 19.2 Å². The van der Waals surface area contributed by atoms with Crippen LogP contribution in [0, 0.1) is 5.92 Å². The minimum atomic E-state index is -3.29. The molecule has 1 aliphatic rings. The van der Waals surface area contributed by atoms with E-state index in [1.807, 2.05) is 6.92 Å². The summed E-state index contributed by atoms with van der Waals surface area (Å²) in [6.07, 6.45) is 4.64. The first-order valence-corrected chi connectivity index (χ1v) is 11.3. The van der Waals surface area contributed by atoms with Gasteiger partial charge in [0.25, 0.3) is 5.91 Å². The highest BCUT2D eigenvalue weighted by Crippen LogP contribution is 2.28. The molecule has 0 unspecified atom stereocenters. The fourth-order valence-corrected chi connectivity index (χ4v) is 5.02. The minimum Gasteiger partial charge on any atom is -0.350 e. The van der Waals surface area contributed by atoms with Crippen LogP contribution in [0.5, 0.6) is 0 Å². The number of halogens is 1. The van der Waals surface area contributed by atoms with E-state index in [1.54, 1.807) is 18.2 Å². The Kier molecular flexibility index (Phi) is 7.35. The molecule has 1 N–H and O–H groups in total. The Morgan fingerprint density at radius 2 is 1.96 bits per heavy atom. The zero-order valence-electron chi connectivity index (χ0n) is 15.8. The monoisotopic (exact) mass is 400 g/mol. The van der Waals surface area contributed by atoms with Crippen molar-refractivity contribution in [2.75, 3.05) is 16.6 Å². The molecule has 26 heavy (non-hydrogen) atoms. The molecular formula is C19H29ClN2O3S. The van der Waals surface area contributed by atoms with Gasteiger partial charge in [-0.1, -0.05) is 38.3 Å². The third kappa shape index (κ3) is 5.61. The van der Waals surface area contributed by atoms with Crippen LogP contribution >= 0.6 is 11.6 Å². The molecule has 1 aromatic rings. The highest BCUT2D eigenvalue weighted by molar-refractivity contribution is 7.92. The SMILES string of the molecule is CC(C)CCC[C@@H](C)NC(=O)c1ccc(N2CCCCS2(=O)=O)cc1Cl. The summed E-state index contributed by atoms with van der Waals surface area (Å²) in [5.41, 5.74) is 0.900. The second kappa shape index (κ2) is 9.09. The van der Waals surface area contributed by atoms with E-state index in [0.29, 0.717) is 30.1 Å². The fraction of sp³-hybridized carbons (Fsp3) is 0.632. The Balaban J connectivity index is 2.03. The average Bonchev–Trinajstić information content (AvgIpc) is 2.53. The number of sulfonamides is 1. The Morgan fingerprint density at radius 1 is 1.23 bits per heavy atom. The number of benzene rings is 1. The molecule has 1 amide bonds. The molecule has 0 aliphatic carbocycles. The van der Waals surface area contributed by atoms with Crippen LogP contribution in [-0.4, -0.2) is 32.7 Å². The highest BCUT2D eigenvalue weighted by atomic mass is 35.5. The molecule has 0 saturated carbocycles. The first-order chi connectivity index (χ1) is 12.2. The van der Waals surface area contributed by atoms with Gasteiger partial charge in [0.1, 0.15) is 0 Å². The summed E-state index contributed by atoms with van der Waals surface area (Å²) in [5.74, 6) is 0.590. The van der Waals surface area contributed by atoms with Crippen LogP contribution in [0.1, 0.15) is 63.2 Å². The van der Waals surface area contributed by atoms with Crippen molar-refractivity contribution in [3.05, 3.63) is 28.8 Å². The lowest BCUT2D eigenvalue weighted by Gasteiger charge is -2.28. The molecule has 0 spiro atoms. The van der Waals surface area contributed by atoms with Crippen molar-refractivity contribution in [1.82, 2.24) is 5.32 Å². The molecule has 2 rings (SSSR count). The molecule has 146 valence electrons. The van der Waals surface area contributed by atoms with Gasteiger partial charge >= 0.3 is 0 Å². The molecule has 1 fully saturated rings. The second-order valence-corrected chi connectivity index (χ2v) is 9.88. The van der Waals surface area contributed by atoms with Crippen molar-refractivity contribution in [3.8, 4) is 0 Å². The van der Waals surface area contributed by atoms with Crippen molar-refractivity contribution in [1.29, 1.82) is 0 Å². The van der Waals surface area contributed by atoms with Crippen molar-refractivity contribution in [3.63, 3.8) is 0 Å².